The van der Waals surface area contributed by atoms with Crippen LogP contribution >= 0.6 is 0 Å². The maximum atomic E-state index is 15.1. The molecule has 0 aromatic carbocycles. The summed E-state index contributed by atoms with van der Waals surface area (Å²) in [5, 5.41) is 0. The highest BCUT2D eigenvalue weighted by molar-refractivity contribution is 5.42. The number of epoxide rings is 1. The molecule has 32 heavy (non-hydrogen) atoms. The summed E-state index contributed by atoms with van der Waals surface area (Å²) in [6.45, 7) is -2.88. The van der Waals surface area contributed by atoms with Crippen molar-refractivity contribution in [2.45, 2.75) is 64.8 Å². The number of halogens is 17. The van der Waals surface area contributed by atoms with Crippen molar-refractivity contribution in [3.05, 3.63) is 0 Å². The molecule has 2 unspecified atom stereocenters. The Kier molecular flexibility index (Phi) is 4.50. The summed E-state index contributed by atoms with van der Waals surface area (Å²) in [4.78, 5) is 0. The topological polar surface area (TPSA) is 21.8 Å². The molecule has 3 rings (SSSR count). The summed E-state index contributed by atoms with van der Waals surface area (Å²) in [5.74, 6) is -64.5. The maximum Gasteiger partial charge on any atom is 0.382 e. The number of hydrogen-bond donors (Lipinski definition) is 0. The van der Waals surface area contributed by atoms with Crippen LogP contribution in [0.5, 0.6) is 0 Å². The van der Waals surface area contributed by atoms with Gasteiger partial charge in [0.1, 0.15) is 6.10 Å². The van der Waals surface area contributed by atoms with Gasteiger partial charge in [-0.15, -0.1) is 0 Å². The van der Waals surface area contributed by atoms with Gasteiger partial charge in [0.05, 0.1) is 13.2 Å². The lowest BCUT2D eigenvalue weighted by atomic mass is 9.54. The first-order chi connectivity index (χ1) is 13.8. The molecule has 0 N–H and O–H groups in total. The molecule has 2 nitrogen and oxygen atoms in total. The lowest BCUT2D eigenvalue weighted by Gasteiger charge is -2.64. The zero-order valence-electron chi connectivity index (χ0n) is 14.2. The second-order valence-electron chi connectivity index (χ2n) is 7.20. The number of ether oxygens (including phenoxy) is 2. The minimum Gasteiger partial charge on any atom is -0.371 e. The van der Waals surface area contributed by atoms with Crippen LogP contribution in [0.4, 0.5) is 74.6 Å². The number of hydrogen-bond acceptors (Lipinski definition) is 2. The van der Waals surface area contributed by atoms with Crippen molar-refractivity contribution in [1.82, 2.24) is 0 Å². The van der Waals surface area contributed by atoms with Gasteiger partial charge in [-0.1, -0.05) is 0 Å². The summed E-state index contributed by atoms with van der Waals surface area (Å²) in [6, 6.07) is 0. The molecule has 0 aromatic rings. The van der Waals surface area contributed by atoms with Gasteiger partial charge >= 0.3 is 47.3 Å². The second-order valence-corrected chi connectivity index (χ2v) is 7.20. The lowest BCUT2D eigenvalue weighted by Crippen LogP contribution is -2.99. The fourth-order valence-corrected chi connectivity index (χ4v) is 3.49. The minimum atomic E-state index is -8.42. The van der Waals surface area contributed by atoms with E-state index in [9.17, 15) is 70.2 Å². The van der Waals surface area contributed by atoms with E-state index in [2.05, 4.69) is 9.47 Å². The fourth-order valence-electron chi connectivity index (χ4n) is 3.49. The van der Waals surface area contributed by atoms with Crippen LogP contribution in [0.15, 0.2) is 0 Å². The number of alkyl halides is 17. The van der Waals surface area contributed by atoms with E-state index in [-0.39, 0.29) is 0 Å². The molecule has 3 aliphatic rings. The summed E-state index contributed by atoms with van der Waals surface area (Å²) >= 11 is 0. The van der Waals surface area contributed by atoms with Gasteiger partial charge in [0, 0.05) is 0 Å². The van der Waals surface area contributed by atoms with Gasteiger partial charge in [-0.3, -0.25) is 0 Å². The second kappa shape index (κ2) is 5.68. The highest BCUT2D eigenvalue weighted by Crippen LogP contribution is 2.81. The average Bonchev–Trinajstić information content (AvgIpc) is 3.45. The molecule has 188 valence electrons. The smallest absolute Gasteiger partial charge is 0.371 e. The van der Waals surface area contributed by atoms with Crippen LogP contribution in [0.1, 0.15) is 0 Å². The van der Waals surface area contributed by atoms with Crippen molar-refractivity contribution in [1.29, 1.82) is 0 Å². The molecule has 4 atom stereocenters. The van der Waals surface area contributed by atoms with Gasteiger partial charge in [0.15, 0.2) is 0 Å². The normalized spacial score (nSPS) is 46.2. The predicted octanol–water partition coefficient (Wildman–Crippen LogP) is 4.96. The first-order valence-corrected chi connectivity index (χ1v) is 7.80. The molecule has 3 fully saturated rings. The highest BCUT2D eigenvalue weighted by Gasteiger charge is 3.15. The summed E-state index contributed by atoms with van der Waals surface area (Å²) < 4.78 is 246. The third-order valence-corrected chi connectivity index (χ3v) is 5.46. The van der Waals surface area contributed by atoms with E-state index in [1.807, 2.05) is 0 Å². The Morgan fingerprint density at radius 3 is 1.16 bits per heavy atom. The quantitative estimate of drug-likeness (QED) is 0.391. The van der Waals surface area contributed by atoms with Crippen LogP contribution in [-0.2, 0) is 9.47 Å². The van der Waals surface area contributed by atoms with Gasteiger partial charge in [-0.05, 0) is 0 Å². The Hall–Kier alpha value is -1.27. The third kappa shape index (κ3) is 1.94. The van der Waals surface area contributed by atoms with Crippen LogP contribution in [0, 0.1) is 0 Å². The van der Waals surface area contributed by atoms with E-state index < -0.39 is 78.0 Å². The largest absolute Gasteiger partial charge is 0.382 e. The van der Waals surface area contributed by atoms with Crippen LogP contribution in [0.2, 0.25) is 0 Å². The summed E-state index contributed by atoms with van der Waals surface area (Å²) in [7, 11) is 0. The number of fused-ring (bicyclic) bond motifs is 1. The monoisotopic (exact) mass is 516 g/mol. The van der Waals surface area contributed by atoms with Gasteiger partial charge in [0.25, 0.3) is 11.3 Å². The highest BCUT2D eigenvalue weighted by atomic mass is 19.4. The Balaban J connectivity index is 2.53. The van der Waals surface area contributed by atoms with Gasteiger partial charge in [0.2, 0.25) is 0 Å². The minimum absolute atomic E-state index is 0.727. The van der Waals surface area contributed by atoms with E-state index in [1.54, 1.807) is 0 Å². The molecule has 19 heteroatoms. The zero-order chi connectivity index (χ0) is 25.4. The molecular weight excluding hydrogens is 511 g/mol. The van der Waals surface area contributed by atoms with Gasteiger partial charge in [-0.25, -0.2) is 13.2 Å². The first kappa shape index (κ1) is 25.4. The van der Waals surface area contributed by atoms with Crippen molar-refractivity contribution < 1.29 is 84.1 Å². The molecule has 0 bridgehead atoms. The van der Waals surface area contributed by atoms with Crippen LogP contribution in [0.25, 0.3) is 0 Å². The van der Waals surface area contributed by atoms with Crippen LogP contribution in [0.3, 0.4) is 0 Å². The van der Waals surface area contributed by atoms with E-state index in [4.69, 9.17) is 0 Å². The molecule has 0 amide bonds. The third-order valence-electron chi connectivity index (χ3n) is 5.46. The predicted molar refractivity (Wildman–Crippen MR) is 61.8 cm³/mol. The Morgan fingerprint density at radius 2 is 0.812 bits per heavy atom. The molecule has 1 aliphatic heterocycles. The zero-order valence-corrected chi connectivity index (χ0v) is 14.2. The maximum absolute atomic E-state index is 15.1. The molecule has 2 saturated carbocycles. The molecule has 0 aromatic heterocycles. The SMILES string of the molecule is FC1(F)C(F)(F)C(F)(F)[C@@]2(F)C(F)(OCC3CO3)C(F)(F)C(F)(F)C(F)(F)[C@]2(F)C1(F)F. The first-order valence-electron chi connectivity index (χ1n) is 7.80. The van der Waals surface area contributed by atoms with Crippen molar-refractivity contribution in [3.8, 4) is 0 Å². The lowest BCUT2D eigenvalue weighted by molar-refractivity contribution is -0.571. The molecule has 1 saturated heterocycles. The Morgan fingerprint density at radius 1 is 0.500 bits per heavy atom. The summed E-state index contributed by atoms with van der Waals surface area (Å²) in [5.41, 5.74) is -16.7. The Bertz CT molecular complexity index is 811. The Labute approximate surface area is 163 Å². The summed E-state index contributed by atoms with van der Waals surface area (Å²) in [6.07, 6.45) is -1.80. The van der Waals surface area contributed by atoms with Crippen LogP contribution < -0.4 is 0 Å². The van der Waals surface area contributed by atoms with E-state index in [0.717, 1.165) is 0 Å². The molecule has 1 heterocycles. The molecular formula is C13H5F17O2. The molecule has 0 spiro atoms. The number of rotatable bonds is 3. The molecule has 0 radical (unpaired) electrons. The van der Waals surface area contributed by atoms with E-state index in [1.165, 1.54) is 0 Å². The van der Waals surface area contributed by atoms with Crippen LogP contribution in [-0.4, -0.2) is 78.0 Å². The van der Waals surface area contributed by atoms with Gasteiger partial charge < -0.3 is 9.47 Å². The van der Waals surface area contributed by atoms with Crippen molar-refractivity contribution in [3.63, 3.8) is 0 Å². The van der Waals surface area contributed by atoms with Gasteiger partial charge in [-0.2, -0.15) is 61.5 Å². The molecule has 2 aliphatic carbocycles. The van der Waals surface area contributed by atoms with Crippen molar-refractivity contribution in [2.75, 3.05) is 13.2 Å². The standard InChI is InChI=1S/C13H5F17O2/c14-4-5(15,8(20,21)10(24,25)9(22,23)6(4,16)17)13(30,32-2-3-1-31-3)12(28,29)11(26,27)7(4,18)19/h3H,1-2H2/t3?,4-,5-,13?/m1/s1. The fraction of sp³-hybridized carbons (Fsp3) is 1.00. The van der Waals surface area contributed by atoms with Crippen molar-refractivity contribution >= 4 is 0 Å². The van der Waals surface area contributed by atoms with E-state index in [0.29, 0.717) is 0 Å². The van der Waals surface area contributed by atoms with Crippen molar-refractivity contribution in [2.24, 2.45) is 0 Å². The van der Waals surface area contributed by atoms with E-state index >= 15 is 4.39 Å². The average molecular weight is 516 g/mol.